The van der Waals surface area contributed by atoms with Gasteiger partial charge in [-0.2, -0.15) is 0 Å². The molecule has 0 aliphatic carbocycles. The standard InChI is InChI=1S/C9H16N2/c1-9(2,3)8(10)7-5-4-6-11-7/h4-6,8,11H,10H2,1-3H3/t8-/m0/s1. The predicted molar refractivity (Wildman–Crippen MR) is 47.2 cm³/mol. The van der Waals surface area contributed by atoms with Crippen LogP contribution >= 0.6 is 0 Å². The summed E-state index contributed by atoms with van der Waals surface area (Å²) < 4.78 is 0. The lowest BCUT2D eigenvalue weighted by Crippen LogP contribution is -2.26. The molecule has 0 bridgehead atoms. The number of nitrogens with one attached hydrogen (secondary N) is 1. The van der Waals surface area contributed by atoms with Gasteiger partial charge in [-0.25, -0.2) is 0 Å². The number of rotatable bonds is 1. The number of aromatic amines is 1. The lowest BCUT2D eigenvalue weighted by Gasteiger charge is -2.25. The van der Waals surface area contributed by atoms with Gasteiger partial charge in [-0.05, 0) is 17.5 Å². The van der Waals surface area contributed by atoms with E-state index in [1.165, 1.54) is 0 Å². The average Bonchev–Trinajstić information content (AvgIpc) is 2.34. The van der Waals surface area contributed by atoms with E-state index in [9.17, 15) is 0 Å². The molecule has 0 unspecified atom stereocenters. The number of H-pyrrole nitrogens is 1. The van der Waals surface area contributed by atoms with Gasteiger partial charge in [-0.15, -0.1) is 0 Å². The molecule has 62 valence electrons. The normalized spacial score (nSPS) is 14.9. The highest BCUT2D eigenvalue weighted by atomic mass is 14.8. The fraction of sp³-hybridized carbons (Fsp3) is 0.556. The molecule has 2 nitrogen and oxygen atoms in total. The monoisotopic (exact) mass is 152 g/mol. The van der Waals surface area contributed by atoms with Gasteiger partial charge in [-0.1, -0.05) is 20.8 Å². The Labute approximate surface area is 67.8 Å². The summed E-state index contributed by atoms with van der Waals surface area (Å²) in [5.74, 6) is 0. The highest BCUT2D eigenvalue weighted by Gasteiger charge is 2.22. The van der Waals surface area contributed by atoms with Crippen LogP contribution in [0.2, 0.25) is 0 Å². The summed E-state index contributed by atoms with van der Waals surface area (Å²) >= 11 is 0. The van der Waals surface area contributed by atoms with Crippen LogP contribution in [-0.2, 0) is 0 Å². The summed E-state index contributed by atoms with van der Waals surface area (Å²) in [4.78, 5) is 3.12. The van der Waals surface area contributed by atoms with Crippen LogP contribution in [0.5, 0.6) is 0 Å². The zero-order valence-corrected chi connectivity index (χ0v) is 7.39. The molecule has 1 atom stereocenters. The van der Waals surface area contributed by atoms with Gasteiger partial charge in [0.1, 0.15) is 0 Å². The molecule has 0 saturated carbocycles. The maximum atomic E-state index is 5.99. The Morgan fingerprint density at radius 3 is 2.45 bits per heavy atom. The van der Waals surface area contributed by atoms with E-state index >= 15 is 0 Å². The molecule has 0 fully saturated rings. The van der Waals surface area contributed by atoms with Crippen molar-refractivity contribution in [1.82, 2.24) is 4.98 Å². The molecular formula is C9H16N2. The van der Waals surface area contributed by atoms with Crippen molar-refractivity contribution >= 4 is 0 Å². The third-order valence-electron chi connectivity index (χ3n) is 1.89. The minimum Gasteiger partial charge on any atom is -0.364 e. The predicted octanol–water partition coefficient (Wildman–Crippen LogP) is 2.06. The number of nitrogens with two attached hydrogens (primary N) is 1. The summed E-state index contributed by atoms with van der Waals surface area (Å²) in [6.07, 6.45) is 1.90. The fourth-order valence-electron chi connectivity index (χ4n) is 1.00. The smallest absolute Gasteiger partial charge is 0.0496 e. The first-order valence-electron chi connectivity index (χ1n) is 3.90. The second-order valence-electron chi connectivity index (χ2n) is 3.97. The molecule has 0 aliphatic rings. The maximum absolute atomic E-state index is 5.99. The first-order chi connectivity index (χ1) is 5.02. The van der Waals surface area contributed by atoms with Gasteiger partial charge in [0.15, 0.2) is 0 Å². The lowest BCUT2D eigenvalue weighted by molar-refractivity contribution is 0.322. The van der Waals surface area contributed by atoms with E-state index < -0.39 is 0 Å². The number of hydrogen-bond donors (Lipinski definition) is 2. The van der Waals surface area contributed by atoms with Crippen molar-refractivity contribution in [3.63, 3.8) is 0 Å². The van der Waals surface area contributed by atoms with E-state index in [4.69, 9.17) is 5.73 Å². The molecule has 0 spiro atoms. The van der Waals surface area contributed by atoms with E-state index in [1.54, 1.807) is 0 Å². The molecule has 11 heavy (non-hydrogen) atoms. The Balaban J connectivity index is 2.78. The second-order valence-corrected chi connectivity index (χ2v) is 3.97. The molecule has 1 heterocycles. The molecule has 0 saturated heterocycles. The van der Waals surface area contributed by atoms with Crippen LogP contribution in [0.4, 0.5) is 0 Å². The number of hydrogen-bond acceptors (Lipinski definition) is 1. The Kier molecular flexibility index (Phi) is 2.05. The first-order valence-corrected chi connectivity index (χ1v) is 3.90. The van der Waals surface area contributed by atoms with Gasteiger partial charge in [0.05, 0.1) is 0 Å². The van der Waals surface area contributed by atoms with Crippen LogP contribution in [0.1, 0.15) is 32.5 Å². The first kappa shape index (κ1) is 8.34. The second kappa shape index (κ2) is 2.70. The maximum Gasteiger partial charge on any atom is 0.0496 e. The zero-order valence-electron chi connectivity index (χ0n) is 7.39. The summed E-state index contributed by atoms with van der Waals surface area (Å²) in [5.41, 5.74) is 7.22. The van der Waals surface area contributed by atoms with Gasteiger partial charge in [0.25, 0.3) is 0 Å². The number of aromatic nitrogens is 1. The lowest BCUT2D eigenvalue weighted by atomic mass is 9.86. The van der Waals surface area contributed by atoms with E-state index in [1.807, 2.05) is 18.3 Å². The molecule has 1 rings (SSSR count). The quantitative estimate of drug-likeness (QED) is 0.635. The van der Waals surface area contributed by atoms with Crippen molar-refractivity contribution in [3.05, 3.63) is 24.0 Å². The minimum atomic E-state index is 0.0949. The van der Waals surface area contributed by atoms with Crippen molar-refractivity contribution in [3.8, 4) is 0 Å². The molecule has 1 aromatic heterocycles. The van der Waals surface area contributed by atoms with Gasteiger partial charge < -0.3 is 10.7 Å². The molecular weight excluding hydrogens is 136 g/mol. The van der Waals surface area contributed by atoms with Crippen molar-refractivity contribution in [1.29, 1.82) is 0 Å². The zero-order chi connectivity index (χ0) is 8.48. The van der Waals surface area contributed by atoms with Crippen LogP contribution < -0.4 is 5.73 Å². The Hall–Kier alpha value is -0.760. The summed E-state index contributed by atoms with van der Waals surface area (Å²) in [6.45, 7) is 6.41. The van der Waals surface area contributed by atoms with Crippen molar-refractivity contribution in [2.75, 3.05) is 0 Å². The highest BCUT2D eigenvalue weighted by molar-refractivity contribution is 5.10. The highest BCUT2D eigenvalue weighted by Crippen LogP contribution is 2.28. The Morgan fingerprint density at radius 1 is 1.45 bits per heavy atom. The summed E-state index contributed by atoms with van der Waals surface area (Å²) in [5, 5.41) is 0. The molecule has 0 amide bonds. The van der Waals surface area contributed by atoms with E-state index in [2.05, 4.69) is 25.8 Å². The van der Waals surface area contributed by atoms with Gasteiger partial charge >= 0.3 is 0 Å². The molecule has 0 radical (unpaired) electrons. The third kappa shape index (κ3) is 1.84. The van der Waals surface area contributed by atoms with Crippen LogP contribution in [0.25, 0.3) is 0 Å². The molecule has 2 heteroatoms. The van der Waals surface area contributed by atoms with Crippen LogP contribution in [-0.4, -0.2) is 4.98 Å². The van der Waals surface area contributed by atoms with E-state index in [0.29, 0.717) is 0 Å². The van der Waals surface area contributed by atoms with Crippen molar-refractivity contribution < 1.29 is 0 Å². The molecule has 0 aromatic carbocycles. The molecule has 0 aliphatic heterocycles. The van der Waals surface area contributed by atoms with Gasteiger partial charge in [-0.3, -0.25) is 0 Å². The SMILES string of the molecule is CC(C)(C)[C@@H](N)c1ccc[nH]1. The molecule has 1 aromatic rings. The van der Waals surface area contributed by atoms with Crippen LogP contribution in [0.15, 0.2) is 18.3 Å². The van der Waals surface area contributed by atoms with Crippen molar-refractivity contribution in [2.45, 2.75) is 26.8 Å². The fourth-order valence-corrected chi connectivity index (χ4v) is 1.00. The summed E-state index contributed by atoms with van der Waals surface area (Å²) in [7, 11) is 0. The average molecular weight is 152 g/mol. The Bertz CT molecular complexity index is 206. The van der Waals surface area contributed by atoms with E-state index in [-0.39, 0.29) is 11.5 Å². The van der Waals surface area contributed by atoms with Crippen molar-refractivity contribution in [2.24, 2.45) is 11.1 Å². The third-order valence-corrected chi connectivity index (χ3v) is 1.89. The van der Waals surface area contributed by atoms with E-state index in [0.717, 1.165) is 5.69 Å². The van der Waals surface area contributed by atoms with Gasteiger partial charge in [0, 0.05) is 17.9 Å². The van der Waals surface area contributed by atoms with Crippen LogP contribution in [0, 0.1) is 5.41 Å². The van der Waals surface area contributed by atoms with Gasteiger partial charge in [0.2, 0.25) is 0 Å². The molecule has 3 N–H and O–H groups in total. The minimum absolute atomic E-state index is 0.0949. The topological polar surface area (TPSA) is 41.8 Å². The van der Waals surface area contributed by atoms with Crippen LogP contribution in [0.3, 0.4) is 0 Å². The Morgan fingerprint density at radius 2 is 2.09 bits per heavy atom. The summed E-state index contributed by atoms with van der Waals surface area (Å²) in [6, 6.07) is 4.09. The largest absolute Gasteiger partial charge is 0.364 e.